The van der Waals surface area contributed by atoms with Crippen LogP contribution in [0.15, 0.2) is 12.1 Å². The number of ether oxygens (including phenoxy) is 1. The molecule has 2 rings (SSSR count). The maximum Gasteiger partial charge on any atom is 0.358 e. The zero-order valence-corrected chi connectivity index (χ0v) is 11.4. The first kappa shape index (κ1) is 13.7. The van der Waals surface area contributed by atoms with E-state index in [0.29, 0.717) is 5.92 Å². The van der Waals surface area contributed by atoms with Crippen LogP contribution < -0.4 is 10.2 Å². The van der Waals surface area contributed by atoms with Crippen molar-refractivity contribution in [3.63, 3.8) is 0 Å². The highest BCUT2D eigenvalue weighted by Gasteiger charge is 2.21. The van der Waals surface area contributed by atoms with E-state index >= 15 is 0 Å². The summed E-state index contributed by atoms with van der Waals surface area (Å²) in [6, 6.07) is 3.50. The van der Waals surface area contributed by atoms with Gasteiger partial charge in [-0.25, -0.2) is 4.79 Å². The predicted molar refractivity (Wildman–Crippen MR) is 72.2 cm³/mol. The number of anilines is 1. The Kier molecular flexibility index (Phi) is 4.68. The van der Waals surface area contributed by atoms with E-state index in [1.54, 1.807) is 6.07 Å². The van der Waals surface area contributed by atoms with Crippen molar-refractivity contribution in [3.05, 3.63) is 17.8 Å². The van der Waals surface area contributed by atoms with Gasteiger partial charge in [0.2, 0.25) is 0 Å². The summed E-state index contributed by atoms with van der Waals surface area (Å²) in [6.07, 6.45) is 2.40. The number of aromatic nitrogens is 2. The van der Waals surface area contributed by atoms with Crippen LogP contribution in [0.25, 0.3) is 0 Å². The molecule has 0 aromatic carbocycles. The second-order valence-electron chi connectivity index (χ2n) is 4.78. The molecule has 0 amide bonds. The Morgan fingerprint density at radius 1 is 1.53 bits per heavy atom. The molecular formula is C13H20N4O2. The van der Waals surface area contributed by atoms with Gasteiger partial charge in [0, 0.05) is 13.1 Å². The fourth-order valence-electron chi connectivity index (χ4n) is 2.44. The van der Waals surface area contributed by atoms with E-state index in [9.17, 15) is 4.79 Å². The van der Waals surface area contributed by atoms with Crippen LogP contribution in [0.3, 0.4) is 0 Å². The number of hydrogen-bond acceptors (Lipinski definition) is 6. The lowest BCUT2D eigenvalue weighted by atomic mass is 9.98. The van der Waals surface area contributed by atoms with E-state index in [0.717, 1.165) is 31.9 Å². The molecule has 0 spiro atoms. The maximum absolute atomic E-state index is 11.3. The van der Waals surface area contributed by atoms with Crippen LogP contribution in [0.4, 0.5) is 5.82 Å². The molecule has 1 unspecified atom stereocenters. The Bertz CT molecular complexity index is 419. The lowest BCUT2D eigenvalue weighted by Crippen LogP contribution is -2.39. The van der Waals surface area contributed by atoms with Crippen LogP contribution >= 0.6 is 0 Å². The number of hydrogen-bond donors (Lipinski definition) is 1. The van der Waals surface area contributed by atoms with Gasteiger partial charge in [-0.15, -0.1) is 10.2 Å². The molecule has 2 heterocycles. The number of carbonyl (C=O) groups excluding carboxylic acids is 1. The molecule has 1 atom stereocenters. The molecule has 1 aromatic rings. The molecule has 1 N–H and O–H groups in total. The molecule has 0 aliphatic carbocycles. The standard InChI is InChI=1S/C13H20N4O2/c1-14-8-10-4-3-7-17(9-10)12-6-5-11(15-16-12)13(18)19-2/h5-6,10,14H,3-4,7-9H2,1-2H3. The molecule has 1 saturated heterocycles. The molecule has 1 fully saturated rings. The third-order valence-electron chi connectivity index (χ3n) is 3.38. The second-order valence-corrected chi connectivity index (χ2v) is 4.78. The van der Waals surface area contributed by atoms with Gasteiger partial charge in [-0.2, -0.15) is 0 Å². The number of piperidine rings is 1. The largest absolute Gasteiger partial charge is 0.464 e. The van der Waals surface area contributed by atoms with Crippen molar-refractivity contribution in [2.75, 3.05) is 38.7 Å². The summed E-state index contributed by atoms with van der Waals surface area (Å²) in [6.45, 7) is 2.99. The number of nitrogens with one attached hydrogen (secondary N) is 1. The van der Waals surface area contributed by atoms with Crippen LogP contribution in [0.1, 0.15) is 23.3 Å². The lowest BCUT2D eigenvalue weighted by Gasteiger charge is -2.33. The molecule has 1 aliphatic rings. The quantitative estimate of drug-likeness (QED) is 0.807. The first-order valence-corrected chi connectivity index (χ1v) is 6.56. The van der Waals surface area contributed by atoms with Gasteiger partial charge in [-0.05, 0) is 44.5 Å². The van der Waals surface area contributed by atoms with Gasteiger partial charge in [0.1, 0.15) is 0 Å². The van der Waals surface area contributed by atoms with E-state index in [2.05, 4.69) is 25.2 Å². The summed E-state index contributed by atoms with van der Waals surface area (Å²) in [7, 11) is 3.31. The summed E-state index contributed by atoms with van der Waals surface area (Å²) in [5.41, 5.74) is 0.245. The number of esters is 1. The normalized spacial score (nSPS) is 19.3. The van der Waals surface area contributed by atoms with Crippen LogP contribution in [0.2, 0.25) is 0 Å². The minimum absolute atomic E-state index is 0.245. The fraction of sp³-hybridized carbons (Fsp3) is 0.615. The molecule has 19 heavy (non-hydrogen) atoms. The highest BCUT2D eigenvalue weighted by atomic mass is 16.5. The van der Waals surface area contributed by atoms with Crippen molar-refractivity contribution in [3.8, 4) is 0 Å². The molecule has 6 heteroatoms. The van der Waals surface area contributed by atoms with Gasteiger partial charge in [-0.3, -0.25) is 0 Å². The Balaban J connectivity index is 2.03. The summed E-state index contributed by atoms with van der Waals surface area (Å²) in [5, 5.41) is 11.3. The van der Waals surface area contributed by atoms with Gasteiger partial charge in [0.25, 0.3) is 0 Å². The Morgan fingerprint density at radius 2 is 2.37 bits per heavy atom. The average molecular weight is 264 g/mol. The minimum atomic E-state index is -0.453. The molecule has 0 saturated carbocycles. The van der Waals surface area contributed by atoms with E-state index in [4.69, 9.17) is 0 Å². The van der Waals surface area contributed by atoms with Crippen molar-refractivity contribution < 1.29 is 9.53 Å². The summed E-state index contributed by atoms with van der Waals surface area (Å²) in [5.74, 6) is 1.01. The second kappa shape index (κ2) is 6.47. The van der Waals surface area contributed by atoms with Crippen LogP contribution in [0.5, 0.6) is 0 Å². The third kappa shape index (κ3) is 3.41. The van der Waals surface area contributed by atoms with Gasteiger partial charge in [-0.1, -0.05) is 0 Å². The van der Waals surface area contributed by atoms with Crippen molar-refractivity contribution >= 4 is 11.8 Å². The first-order valence-electron chi connectivity index (χ1n) is 6.56. The third-order valence-corrected chi connectivity index (χ3v) is 3.38. The summed E-state index contributed by atoms with van der Waals surface area (Å²) < 4.78 is 4.61. The zero-order valence-electron chi connectivity index (χ0n) is 11.4. The molecule has 1 aromatic heterocycles. The molecule has 0 radical (unpaired) electrons. The average Bonchev–Trinajstić information content (AvgIpc) is 2.47. The van der Waals surface area contributed by atoms with Crippen LogP contribution in [0, 0.1) is 5.92 Å². The van der Waals surface area contributed by atoms with Gasteiger partial charge >= 0.3 is 5.97 Å². The summed E-state index contributed by atoms with van der Waals surface area (Å²) >= 11 is 0. The number of carbonyl (C=O) groups is 1. The highest BCUT2D eigenvalue weighted by molar-refractivity contribution is 5.86. The molecule has 1 aliphatic heterocycles. The lowest BCUT2D eigenvalue weighted by molar-refractivity contribution is 0.0592. The highest BCUT2D eigenvalue weighted by Crippen LogP contribution is 2.20. The molecule has 0 bridgehead atoms. The smallest absolute Gasteiger partial charge is 0.358 e. The van der Waals surface area contributed by atoms with Gasteiger partial charge in [0.05, 0.1) is 7.11 Å². The molecular weight excluding hydrogens is 244 g/mol. The monoisotopic (exact) mass is 264 g/mol. The van der Waals surface area contributed by atoms with E-state index in [1.165, 1.54) is 13.5 Å². The van der Waals surface area contributed by atoms with Crippen molar-refractivity contribution in [1.82, 2.24) is 15.5 Å². The first-order chi connectivity index (χ1) is 9.24. The minimum Gasteiger partial charge on any atom is -0.464 e. The number of rotatable bonds is 4. The van der Waals surface area contributed by atoms with Crippen LogP contribution in [-0.2, 0) is 4.74 Å². The Labute approximate surface area is 113 Å². The molecule has 6 nitrogen and oxygen atoms in total. The van der Waals surface area contributed by atoms with Gasteiger partial charge < -0.3 is 15.0 Å². The Morgan fingerprint density at radius 3 is 3.00 bits per heavy atom. The molecule has 104 valence electrons. The predicted octanol–water partition coefficient (Wildman–Crippen LogP) is 0.699. The maximum atomic E-state index is 11.3. The van der Waals surface area contributed by atoms with Crippen molar-refractivity contribution in [1.29, 1.82) is 0 Å². The number of nitrogens with zero attached hydrogens (tertiary/aromatic N) is 3. The van der Waals surface area contributed by atoms with Crippen LogP contribution in [-0.4, -0.2) is 50.0 Å². The summed E-state index contributed by atoms with van der Waals surface area (Å²) in [4.78, 5) is 13.5. The van der Waals surface area contributed by atoms with Crippen molar-refractivity contribution in [2.24, 2.45) is 5.92 Å². The van der Waals surface area contributed by atoms with Crippen molar-refractivity contribution in [2.45, 2.75) is 12.8 Å². The van der Waals surface area contributed by atoms with E-state index in [-0.39, 0.29) is 5.69 Å². The van der Waals surface area contributed by atoms with Gasteiger partial charge in [0.15, 0.2) is 11.5 Å². The van der Waals surface area contributed by atoms with E-state index < -0.39 is 5.97 Å². The van der Waals surface area contributed by atoms with E-state index in [1.807, 2.05) is 13.1 Å². The zero-order chi connectivity index (χ0) is 13.7. The Hall–Kier alpha value is -1.69. The number of methoxy groups -OCH3 is 1. The topological polar surface area (TPSA) is 67.4 Å². The SMILES string of the molecule is CNCC1CCCN(c2ccc(C(=O)OC)nn2)C1. The fourth-order valence-corrected chi connectivity index (χ4v) is 2.44.